The number of anilines is 2. The maximum absolute atomic E-state index is 13.6. The molecule has 302 valence electrons. The Balaban J connectivity index is 1.42. The first-order valence-electron chi connectivity index (χ1n) is 17.8. The van der Waals surface area contributed by atoms with E-state index in [0.717, 1.165) is 4.90 Å². The fraction of sp³-hybridized carbons (Fsp3) is 0.444. The van der Waals surface area contributed by atoms with Gasteiger partial charge in [0.25, 0.3) is 0 Å². The van der Waals surface area contributed by atoms with Crippen LogP contribution in [-0.2, 0) is 28.8 Å². The molecule has 5 rings (SSSR count). The SMILES string of the molecule is O=C(O)CN(CCN(CCN1CC(=O)NCCNc2ccc(c3c2C(=O)c2ccccc2C3=O)NCCNC(=O)C1)CC(=O)O)CCN(CC(=O)O)CC(=O)O. The first kappa shape index (κ1) is 42.8. The fourth-order valence-electron chi connectivity index (χ4n) is 6.42. The van der Waals surface area contributed by atoms with Crippen LogP contribution in [0.2, 0.25) is 0 Å². The summed E-state index contributed by atoms with van der Waals surface area (Å²) in [6.07, 6.45) is 0. The van der Waals surface area contributed by atoms with E-state index in [1.54, 1.807) is 36.4 Å². The molecular formula is C36H46N8O12. The number of carbonyl (C=O) groups excluding carboxylic acids is 4. The van der Waals surface area contributed by atoms with Gasteiger partial charge in [-0.05, 0) is 12.1 Å². The van der Waals surface area contributed by atoms with Crippen molar-refractivity contribution in [2.75, 3.05) is 115 Å². The van der Waals surface area contributed by atoms with E-state index in [4.69, 9.17) is 10.2 Å². The third-order valence-corrected chi connectivity index (χ3v) is 8.97. The Morgan fingerprint density at radius 1 is 0.518 bits per heavy atom. The lowest BCUT2D eigenvalue weighted by Gasteiger charge is -2.29. The average molecular weight is 783 g/mol. The molecule has 2 aliphatic heterocycles. The number of carboxylic acid groups (broad SMARTS) is 4. The van der Waals surface area contributed by atoms with E-state index in [1.165, 1.54) is 14.7 Å². The molecule has 2 aromatic carbocycles. The van der Waals surface area contributed by atoms with E-state index < -0.39 is 61.9 Å². The summed E-state index contributed by atoms with van der Waals surface area (Å²) in [6.45, 7) is -1.80. The van der Waals surface area contributed by atoms with Crippen molar-refractivity contribution in [2.24, 2.45) is 0 Å². The van der Waals surface area contributed by atoms with Crippen LogP contribution in [0.15, 0.2) is 36.4 Å². The number of carbonyl (C=O) groups is 8. The highest BCUT2D eigenvalue weighted by Gasteiger charge is 2.34. The largest absolute Gasteiger partial charge is 0.480 e. The van der Waals surface area contributed by atoms with Crippen LogP contribution in [0.1, 0.15) is 31.8 Å². The van der Waals surface area contributed by atoms with Gasteiger partial charge in [-0.15, -0.1) is 0 Å². The predicted molar refractivity (Wildman–Crippen MR) is 199 cm³/mol. The number of nitrogens with zero attached hydrogens (tertiary/aromatic N) is 4. The Labute approximate surface area is 321 Å². The molecule has 20 nitrogen and oxygen atoms in total. The Morgan fingerprint density at radius 3 is 1.29 bits per heavy atom. The Bertz CT molecular complexity index is 1720. The van der Waals surface area contributed by atoms with Crippen molar-refractivity contribution in [1.29, 1.82) is 0 Å². The summed E-state index contributed by atoms with van der Waals surface area (Å²) in [5, 5.41) is 49.1. The number of hydrogen-bond donors (Lipinski definition) is 8. The number of aliphatic carboxylic acids is 4. The number of hydrogen-bond acceptors (Lipinski definition) is 14. The maximum atomic E-state index is 13.6. The number of fused-ring (bicyclic) bond motifs is 14. The van der Waals surface area contributed by atoms with Crippen molar-refractivity contribution < 1.29 is 58.8 Å². The van der Waals surface area contributed by atoms with E-state index in [0.29, 0.717) is 11.4 Å². The molecule has 0 unspecified atom stereocenters. The summed E-state index contributed by atoms with van der Waals surface area (Å²) in [5.41, 5.74) is 1.83. The molecule has 20 heteroatoms. The zero-order chi connectivity index (χ0) is 40.8. The molecule has 0 aromatic heterocycles. The van der Waals surface area contributed by atoms with Gasteiger partial charge in [-0.3, -0.25) is 58.0 Å². The second-order valence-corrected chi connectivity index (χ2v) is 13.2. The number of carboxylic acids is 4. The summed E-state index contributed by atoms with van der Waals surface area (Å²) in [4.78, 5) is 105. The van der Waals surface area contributed by atoms with Gasteiger partial charge in [-0.25, -0.2) is 0 Å². The summed E-state index contributed by atoms with van der Waals surface area (Å²) in [7, 11) is 0. The number of amides is 2. The second-order valence-electron chi connectivity index (χ2n) is 13.2. The lowest BCUT2D eigenvalue weighted by atomic mass is 9.82. The van der Waals surface area contributed by atoms with Gasteiger partial charge < -0.3 is 41.7 Å². The quantitative estimate of drug-likeness (QED) is 0.0693. The summed E-state index contributed by atoms with van der Waals surface area (Å²) in [5.74, 6) is -6.40. The Hall–Kier alpha value is -5.96. The standard InChI is InChI=1S/C36H46N8O12/c45-27-17-43(15-13-41(19-29(47)48)11-12-42(20-30(49)50)14-16-44(21-31(51)52)22-32(53)54)18-28(46)40-10-8-38-26-6-5-25(37-7-9-39-27)33-34(26)36(56)24-4-2-1-3-23(24)35(33)55/h1-6,37-38H,7-22H2,(H,39,45)(H,40,46)(H,47,48)(H,49,50)(H,51,52)(H,53,54). The minimum Gasteiger partial charge on any atom is -0.480 e. The van der Waals surface area contributed by atoms with Gasteiger partial charge in [0.15, 0.2) is 11.6 Å². The Kier molecular flexibility index (Phi) is 15.8. The van der Waals surface area contributed by atoms with Crippen LogP contribution >= 0.6 is 0 Å². The third-order valence-electron chi connectivity index (χ3n) is 8.97. The maximum Gasteiger partial charge on any atom is 0.317 e. The first-order valence-corrected chi connectivity index (χ1v) is 17.8. The summed E-state index contributed by atoms with van der Waals surface area (Å²) < 4.78 is 0. The van der Waals surface area contributed by atoms with Crippen molar-refractivity contribution in [3.05, 3.63) is 58.7 Å². The van der Waals surface area contributed by atoms with Gasteiger partial charge in [-0.1, -0.05) is 24.3 Å². The number of rotatable bonds is 17. The highest BCUT2D eigenvalue weighted by atomic mass is 16.4. The monoisotopic (exact) mass is 782 g/mol. The topological polar surface area (TPSA) is 279 Å². The molecule has 8 N–H and O–H groups in total. The normalized spacial score (nSPS) is 15.3. The molecule has 0 saturated carbocycles. The molecule has 0 atom stereocenters. The van der Waals surface area contributed by atoms with E-state index >= 15 is 0 Å². The predicted octanol–water partition coefficient (Wildman–Crippen LogP) is -1.92. The number of nitrogens with one attached hydrogen (secondary N) is 4. The smallest absolute Gasteiger partial charge is 0.317 e. The van der Waals surface area contributed by atoms with Crippen molar-refractivity contribution >= 4 is 58.6 Å². The molecule has 0 radical (unpaired) electrons. The van der Waals surface area contributed by atoms with Crippen LogP contribution in [0, 0.1) is 0 Å². The minimum absolute atomic E-state index is 0.0164. The van der Waals surface area contributed by atoms with E-state index in [9.17, 15) is 48.6 Å². The second kappa shape index (κ2) is 20.6. The van der Waals surface area contributed by atoms with Gasteiger partial charge in [0, 0.05) is 87.9 Å². The number of ketones is 2. The molecule has 0 spiro atoms. The van der Waals surface area contributed by atoms with Gasteiger partial charge in [-0.2, -0.15) is 0 Å². The van der Waals surface area contributed by atoms with E-state index in [1.807, 2.05) is 0 Å². The molecule has 56 heavy (non-hydrogen) atoms. The molecule has 1 aliphatic carbocycles. The fourth-order valence-corrected chi connectivity index (χ4v) is 6.42. The molecule has 2 heterocycles. The van der Waals surface area contributed by atoms with Crippen LogP contribution in [0.3, 0.4) is 0 Å². The number of benzene rings is 2. The molecule has 0 saturated heterocycles. The van der Waals surface area contributed by atoms with Crippen LogP contribution in [0.5, 0.6) is 0 Å². The van der Waals surface area contributed by atoms with Gasteiger partial charge >= 0.3 is 23.9 Å². The molecule has 2 bridgehead atoms. The molecule has 0 fully saturated rings. The van der Waals surface area contributed by atoms with Crippen LogP contribution in [-0.4, -0.2) is 192 Å². The van der Waals surface area contributed by atoms with Crippen LogP contribution in [0.25, 0.3) is 0 Å². The first-order chi connectivity index (χ1) is 26.7. The molecule has 2 aromatic rings. The van der Waals surface area contributed by atoms with E-state index in [-0.39, 0.29) is 112 Å². The summed E-state index contributed by atoms with van der Waals surface area (Å²) in [6, 6.07) is 9.92. The highest BCUT2D eigenvalue weighted by Crippen LogP contribution is 2.36. The third kappa shape index (κ3) is 12.8. The molecule has 3 aliphatic rings. The van der Waals surface area contributed by atoms with Crippen LogP contribution in [0.4, 0.5) is 11.4 Å². The van der Waals surface area contributed by atoms with Crippen molar-refractivity contribution in [1.82, 2.24) is 30.2 Å². The van der Waals surface area contributed by atoms with E-state index in [2.05, 4.69) is 21.3 Å². The lowest BCUT2D eigenvalue weighted by Crippen LogP contribution is -2.48. The van der Waals surface area contributed by atoms with Gasteiger partial charge in [0.2, 0.25) is 11.8 Å². The van der Waals surface area contributed by atoms with Crippen LogP contribution < -0.4 is 21.3 Å². The van der Waals surface area contributed by atoms with Crippen molar-refractivity contribution in [3.8, 4) is 0 Å². The van der Waals surface area contributed by atoms with Crippen molar-refractivity contribution in [3.63, 3.8) is 0 Å². The zero-order valence-electron chi connectivity index (χ0n) is 30.6. The summed E-state index contributed by atoms with van der Waals surface area (Å²) >= 11 is 0. The Morgan fingerprint density at radius 2 is 0.875 bits per heavy atom. The van der Waals surface area contributed by atoms with Crippen molar-refractivity contribution in [2.45, 2.75) is 0 Å². The van der Waals surface area contributed by atoms with Gasteiger partial charge in [0.05, 0.1) is 50.4 Å². The lowest BCUT2D eigenvalue weighted by molar-refractivity contribution is -0.143. The molecule has 2 amide bonds. The minimum atomic E-state index is -1.26. The zero-order valence-corrected chi connectivity index (χ0v) is 30.6. The molecular weight excluding hydrogens is 736 g/mol. The van der Waals surface area contributed by atoms with Gasteiger partial charge in [0.1, 0.15) is 0 Å². The highest BCUT2D eigenvalue weighted by molar-refractivity contribution is 6.31. The average Bonchev–Trinajstić information content (AvgIpc) is 3.13.